The van der Waals surface area contributed by atoms with E-state index in [1.807, 2.05) is 20.8 Å². The second-order valence-electron chi connectivity index (χ2n) is 8.42. The maximum atomic E-state index is 12.2. The standard InChI is InChI=1S/C25H38O6/c1-5-9-11-16(7-3)13-18-15-20(23(26)27)22(25(30)31)19(21(18)24(28)29)14-17(8-4)12-10-6-2/h15-17H,5-14H2,1-4H3,(H,26,27)(H,28,29)(H,30,31)/p-3. The molecule has 0 radical (unpaired) electrons. The van der Waals surface area contributed by atoms with E-state index < -0.39 is 29.0 Å². The molecule has 31 heavy (non-hydrogen) atoms. The Balaban J connectivity index is 3.70. The zero-order valence-electron chi connectivity index (χ0n) is 19.3. The van der Waals surface area contributed by atoms with Crippen molar-refractivity contribution in [2.24, 2.45) is 11.8 Å². The minimum atomic E-state index is -1.70. The molecule has 0 aliphatic carbocycles. The number of rotatable bonds is 15. The third kappa shape index (κ3) is 7.37. The normalized spacial score (nSPS) is 13.0. The van der Waals surface area contributed by atoms with E-state index in [0.717, 1.165) is 57.4 Å². The highest BCUT2D eigenvalue weighted by Crippen LogP contribution is 2.31. The van der Waals surface area contributed by atoms with Crippen molar-refractivity contribution in [3.63, 3.8) is 0 Å². The lowest BCUT2D eigenvalue weighted by molar-refractivity contribution is -0.260. The van der Waals surface area contributed by atoms with Crippen molar-refractivity contribution < 1.29 is 29.7 Å². The molecule has 0 bridgehead atoms. The predicted octanol–water partition coefficient (Wildman–Crippen LogP) is 2.29. The van der Waals surface area contributed by atoms with Crippen LogP contribution in [0.3, 0.4) is 0 Å². The molecule has 1 aromatic rings. The van der Waals surface area contributed by atoms with Gasteiger partial charge in [0.2, 0.25) is 0 Å². The van der Waals surface area contributed by atoms with Crippen LogP contribution in [0.25, 0.3) is 0 Å². The summed E-state index contributed by atoms with van der Waals surface area (Å²) in [7, 11) is 0. The molecule has 0 aliphatic rings. The Bertz CT molecular complexity index is 768. The van der Waals surface area contributed by atoms with E-state index in [4.69, 9.17) is 0 Å². The maximum absolute atomic E-state index is 12.2. The van der Waals surface area contributed by atoms with Crippen LogP contribution in [-0.2, 0) is 12.8 Å². The largest absolute Gasteiger partial charge is 0.545 e. The van der Waals surface area contributed by atoms with Gasteiger partial charge in [0.15, 0.2) is 0 Å². The Morgan fingerprint density at radius 1 is 0.742 bits per heavy atom. The van der Waals surface area contributed by atoms with Gasteiger partial charge >= 0.3 is 0 Å². The molecule has 6 nitrogen and oxygen atoms in total. The molecule has 0 spiro atoms. The second kappa shape index (κ2) is 13.1. The van der Waals surface area contributed by atoms with Crippen LogP contribution >= 0.6 is 0 Å². The molecule has 0 saturated carbocycles. The van der Waals surface area contributed by atoms with Crippen LogP contribution in [0.15, 0.2) is 6.07 Å². The van der Waals surface area contributed by atoms with Crippen molar-refractivity contribution in [3.8, 4) is 0 Å². The van der Waals surface area contributed by atoms with E-state index >= 15 is 0 Å². The summed E-state index contributed by atoms with van der Waals surface area (Å²) in [5.74, 6) is -4.63. The summed E-state index contributed by atoms with van der Waals surface area (Å²) in [4.78, 5) is 35.9. The monoisotopic (exact) mass is 431 g/mol. The van der Waals surface area contributed by atoms with E-state index in [2.05, 4.69) is 6.92 Å². The molecule has 0 amide bonds. The molecule has 174 valence electrons. The van der Waals surface area contributed by atoms with Crippen LogP contribution in [0.5, 0.6) is 0 Å². The van der Waals surface area contributed by atoms with Gasteiger partial charge in [-0.05, 0) is 41.9 Å². The van der Waals surface area contributed by atoms with Crippen LogP contribution in [0.2, 0.25) is 0 Å². The average Bonchev–Trinajstić information content (AvgIpc) is 2.72. The van der Waals surface area contributed by atoms with Crippen LogP contribution in [0, 0.1) is 11.8 Å². The van der Waals surface area contributed by atoms with Crippen LogP contribution in [-0.4, -0.2) is 17.9 Å². The van der Waals surface area contributed by atoms with Gasteiger partial charge in [-0.1, -0.05) is 79.1 Å². The summed E-state index contributed by atoms with van der Waals surface area (Å²) >= 11 is 0. The lowest BCUT2D eigenvalue weighted by Crippen LogP contribution is -2.35. The fraction of sp³-hybridized carbons (Fsp3) is 0.640. The number of aromatic carboxylic acids is 3. The summed E-state index contributed by atoms with van der Waals surface area (Å²) in [5, 5.41) is 35.9. The third-order valence-electron chi connectivity index (χ3n) is 6.23. The highest BCUT2D eigenvalue weighted by Gasteiger charge is 2.23. The predicted molar refractivity (Wildman–Crippen MR) is 113 cm³/mol. The van der Waals surface area contributed by atoms with Crippen molar-refractivity contribution >= 4 is 17.9 Å². The summed E-state index contributed by atoms with van der Waals surface area (Å²) < 4.78 is 0. The van der Waals surface area contributed by atoms with Gasteiger partial charge in [0, 0.05) is 16.7 Å². The number of carbonyl (C=O) groups excluding carboxylic acids is 3. The van der Waals surface area contributed by atoms with Gasteiger partial charge in [0.25, 0.3) is 0 Å². The Morgan fingerprint density at radius 2 is 1.23 bits per heavy atom. The summed E-state index contributed by atoms with van der Waals surface area (Å²) in [5.41, 5.74) is -0.961. The molecule has 1 aromatic carbocycles. The first-order valence-corrected chi connectivity index (χ1v) is 11.5. The molecule has 2 atom stereocenters. The average molecular weight is 432 g/mol. The fourth-order valence-electron chi connectivity index (χ4n) is 4.30. The third-order valence-corrected chi connectivity index (χ3v) is 6.23. The van der Waals surface area contributed by atoms with Crippen molar-refractivity contribution in [1.29, 1.82) is 0 Å². The van der Waals surface area contributed by atoms with Crippen molar-refractivity contribution in [1.82, 2.24) is 0 Å². The van der Waals surface area contributed by atoms with E-state index in [0.29, 0.717) is 12.0 Å². The molecular weight excluding hydrogens is 396 g/mol. The second-order valence-corrected chi connectivity index (χ2v) is 8.42. The molecular formula is C25H35O6-3. The van der Waals surface area contributed by atoms with Crippen LogP contribution in [0.4, 0.5) is 0 Å². The van der Waals surface area contributed by atoms with Crippen LogP contribution in [0.1, 0.15) is 121 Å². The van der Waals surface area contributed by atoms with Gasteiger partial charge in [0.05, 0.1) is 17.9 Å². The summed E-state index contributed by atoms with van der Waals surface area (Å²) in [6.07, 6.45) is 7.56. The van der Waals surface area contributed by atoms with E-state index in [1.54, 1.807) is 0 Å². The van der Waals surface area contributed by atoms with Gasteiger partial charge in [-0.25, -0.2) is 0 Å². The Kier molecular flexibility index (Phi) is 11.3. The first-order chi connectivity index (χ1) is 14.7. The highest BCUT2D eigenvalue weighted by atomic mass is 16.4. The molecule has 6 heteroatoms. The molecule has 0 N–H and O–H groups in total. The number of hydrogen-bond donors (Lipinski definition) is 0. The number of carboxylic acids is 3. The molecule has 2 unspecified atom stereocenters. The van der Waals surface area contributed by atoms with E-state index in [1.165, 1.54) is 0 Å². The summed E-state index contributed by atoms with van der Waals surface area (Å²) in [6.45, 7) is 8.08. The van der Waals surface area contributed by atoms with Gasteiger partial charge in [-0.3, -0.25) is 0 Å². The number of carbonyl (C=O) groups is 3. The minimum Gasteiger partial charge on any atom is -0.545 e. The fourth-order valence-corrected chi connectivity index (χ4v) is 4.30. The Morgan fingerprint density at radius 3 is 1.61 bits per heavy atom. The molecule has 1 rings (SSSR count). The van der Waals surface area contributed by atoms with E-state index in [9.17, 15) is 29.7 Å². The van der Waals surface area contributed by atoms with Crippen molar-refractivity contribution in [3.05, 3.63) is 33.9 Å². The zero-order chi connectivity index (χ0) is 23.6. The van der Waals surface area contributed by atoms with Gasteiger partial charge in [-0.15, -0.1) is 0 Å². The molecule has 0 aliphatic heterocycles. The van der Waals surface area contributed by atoms with Gasteiger partial charge in [0.1, 0.15) is 0 Å². The molecule has 0 heterocycles. The Hall–Kier alpha value is -2.37. The lowest BCUT2D eigenvalue weighted by Gasteiger charge is -2.28. The quantitative estimate of drug-likeness (QED) is 0.420. The number of carboxylic acid groups (broad SMARTS) is 3. The first-order valence-electron chi connectivity index (χ1n) is 11.5. The van der Waals surface area contributed by atoms with Gasteiger partial charge in [-0.2, -0.15) is 0 Å². The van der Waals surface area contributed by atoms with Crippen molar-refractivity contribution in [2.75, 3.05) is 0 Å². The van der Waals surface area contributed by atoms with Crippen molar-refractivity contribution in [2.45, 2.75) is 91.9 Å². The molecule has 0 fully saturated rings. The smallest absolute Gasteiger partial charge is 0.0725 e. The topological polar surface area (TPSA) is 120 Å². The lowest BCUT2D eigenvalue weighted by atomic mass is 9.81. The Labute approximate surface area is 185 Å². The maximum Gasteiger partial charge on any atom is 0.0725 e. The number of hydrogen-bond acceptors (Lipinski definition) is 6. The zero-order valence-corrected chi connectivity index (χ0v) is 19.3. The number of unbranched alkanes of at least 4 members (excludes halogenated alkanes) is 2. The van der Waals surface area contributed by atoms with Crippen LogP contribution < -0.4 is 15.3 Å². The van der Waals surface area contributed by atoms with Gasteiger partial charge < -0.3 is 29.7 Å². The summed E-state index contributed by atoms with van der Waals surface area (Å²) in [6, 6.07) is 1.15. The minimum absolute atomic E-state index is 0.00463. The van der Waals surface area contributed by atoms with E-state index in [-0.39, 0.29) is 29.4 Å². The first kappa shape index (κ1) is 26.7. The number of benzene rings is 1. The molecule has 0 saturated heterocycles. The molecule has 0 aromatic heterocycles. The highest BCUT2D eigenvalue weighted by molar-refractivity contribution is 6.05. The SMILES string of the molecule is CCCCC(CC)Cc1cc(C(=O)[O-])c(C(=O)[O-])c(CC(CC)CCCC)c1C(=O)[O-].